The molecule has 0 amide bonds. The van der Waals surface area contributed by atoms with E-state index >= 15 is 0 Å². The van der Waals surface area contributed by atoms with Gasteiger partial charge >= 0.3 is 0 Å². The van der Waals surface area contributed by atoms with Crippen molar-refractivity contribution in [1.82, 2.24) is 0 Å². The second kappa shape index (κ2) is 22.2. The number of anilines is 1. The molecular formula is C47H62BrNO6. The van der Waals surface area contributed by atoms with Crippen molar-refractivity contribution in [2.75, 3.05) is 25.1 Å². The van der Waals surface area contributed by atoms with E-state index in [1.807, 2.05) is 36.4 Å². The predicted octanol–water partition coefficient (Wildman–Crippen LogP) is 12.3. The number of ketones is 3. The van der Waals surface area contributed by atoms with Crippen molar-refractivity contribution in [3.05, 3.63) is 80.3 Å². The molecule has 7 nitrogen and oxygen atoms in total. The molecule has 1 N–H and O–H groups in total. The Morgan fingerprint density at radius 2 is 1.09 bits per heavy atom. The number of halogens is 1. The second-order valence-electron chi connectivity index (χ2n) is 15.3. The number of ether oxygens (including phenoxy) is 3. The summed E-state index contributed by atoms with van der Waals surface area (Å²) >= 11 is 3.49. The van der Waals surface area contributed by atoms with Crippen molar-refractivity contribution in [1.29, 1.82) is 0 Å². The van der Waals surface area contributed by atoms with Gasteiger partial charge in [0.05, 0.1) is 30.0 Å². The van der Waals surface area contributed by atoms with Crippen molar-refractivity contribution in [3.63, 3.8) is 0 Å². The number of hydrogen-bond donors (Lipinski definition) is 1. The first kappa shape index (κ1) is 42.5. The molecule has 0 spiro atoms. The lowest BCUT2D eigenvalue weighted by Crippen LogP contribution is -2.18. The third-order valence-corrected chi connectivity index (χ3v) is 11.4. The first-order valence-electron chi connectivity index (χ1n) is 21.2. The van der Waals surface area contributed by atoms with Gasteiger partial charge in [0.15, 0.2) is 17.3 Å². The Morgan fingerprint density at radius 1 is 0.600 bits per heavy atom. The topological polar surface area (TPSA) is 90.9 Å². The fraction of sp³-hybridized carbons (Fsp3) is 0.553. The van der Waals surface area contributed by atoms with E-state index in [2.05, 4.69) is 48.1 Å². The van der Waals surface area contributed by atoms with Crippen molar-refractivity contribution < 1.29 is 28.6 Å². The van der Waals surface area contributed by atoms with Crippen LogP contribution in [0.25, 0.3) is 0 Å². The lowest BCUT2D eigenvalue weighted by molar-refractivity contribution is 0.0971. The van der Waals surface area contributed by atoms with Crippen molar-refractivity contribution >= 4 is 39.0 Å². The van der Waals surface area contributed by atoms with Crippen LogP contribution in [0.2, 0.25) is 0 Å². The van der Waals surface area contributed by atoms with Gasteiger partial charge in [-0.2, -0.15) is 0 Å². The molecule has 298 valence electrons. The normalized spacial score (nSPS) is 15.6. The van der Waals surface area contributed by atoms with Gasteiger partial charge in [0, 0.05) is 42.0 Å². The van der Waals surface area contributed by atoms with Crippen LogP contribution >= 0.6 is 15.9 Å². The molecule has 55 heavy (non-hydrogen) atoms. The lowest BCUT2D eigenvalue weighted by atomic mass is 9.97. The molecule has 1 aliphatic carbocycles. The minimum absolute atomic E-state index is 0.237. The largest absolute Gasteiger partial charge is 0.493 e. The highest BCUT2D eigenvalue weighted by molar-refractivity contribution is 9.10. The van der Waals surface area contributed by atoms with Gasteiger partial charge in [-0.05, 0) is 146 Å². The van der Waals surface area contributed by atoms with Crippen molar-refractivity contribution in [2.45, 2.75) is 149 Å². The second-order valence-corrected chi connectivity index (χ2v) is 16.2. The highest BCUT2D eigenvalue weighted by Gasteiger charge is 2.23. The van der Waals surface area contributed by atoms with Crippen LogP contribution in [0, 0.1) is 0 Å². The van der Waals surface area contributed by atoms with Crippen LogP contribution in [0.3, 0.4) is 0 Å². The van der Waals surface area contributed by atoms with E-state index in [-0.39, 0.29) is 17.3 Å². The van der Waals surface area contributed by atoms with E-state index in [0.717, 1.165) is 147 Å². The van der Waals surface area contributed by atoms with Crippen LogP contribution in [0.5, 0.6) is 17.2 Å². The molecule has 8 heteroatoms. The highest BCUT2D eigenvalue weighted by atomic mass is 79.9. The van der Waals surface area contributed by atoms with Gasteiger partial charge in [-0.15, -0.1) is 0 Å². The predicted molar refractivity (Wildman–Crippen MR) is 226 cm³/mol. The number of Topliss-reactive ketones (excluding diaryl/α,β-unsaturated/α-hetero) is 3. The van der Waals surface area contributed by atoms with E-state index in [9.17, 15) is 14.4 Å². The summed E-state index contributed by atoms with van der Waals surface area (Å²) in [5.74, 6) is 3.63. The van der Waals surface area contributed by atoms with Crippen molar-refractivity contribution in [3.8, 4) is 17.2 Å². The van der Waals surface area contributed by atoms with Gasteiger partial charge < -0.3 is 19.5 Å². The molecule has 3 aliphatic heterocycles. The van der Waals surface area contributed by atoms with Crippen LogP contribution in [0.15, 0.2) is 46.9 Å². The van der Waals surface area contributed by atoms with E-state index in [1.54, 1.807) is 0 Å². The Bertz CT molecular complexity index is 1750. The summed E-state index contributed by atoms with van der Waals surface area (Å²) in [6.45, 7) is 8.69. The molecule has 0 unspecified atom stereocenters. The standard InChI is InChI=1S/C19H27NO2.C14H17BrO2.C14H18O2/c1-2-3-10-18(21)15-12-14-7-6-11-22-19(14)17(13-15)20-16-8-4-5-9-16;1-2-3-6-13(16)11-8-10-5-4-7-17-14(10)12(15)9-11;1-2-3-6-13(15)11-7-8-14-12(10-11)5-4-9-16-14/h12-13,16,20H,2-11H2,1H3;8-9H,2-7H2,1H3;7-8,10H,2-6,9H2,1H3. The monoisotopic (exact) mass is 815 g/mol. The summed E-state index contributed by atoms with van der Waals surface area (Å²) in [5, 5.41) is 3.64. The molecule has 1 saturated carbocycles. The van der Waals surface area contributed by atoms with Gasteiger partial charge in [-0.3, -0.25) is 14.4 Å². The van der Waals surface area contributed by atoms with Gasteiger partial charge in [-0.25, -0.2) is 0 Å². The first-order valence-corrected chi connectivity index (χ1v) is 22.0. The number of rotatable bonds is 14. The quantitative estimate of drug-likeness (QED) is 0.162. The molecule has 3 aromatic rings. The van der Waals surface area contributed by atoms with E-state index < -0.39 is 0 Å². The van der Waals surface area contributed by atoms with E-state index in [0.29, 0.717) is 25.3 Å². The Labute approximate surface area is 337 Å². The molecule has 0 bridgehead atoms. The SMILES string of the molecule is CCCCC(=O)c1cc(Br)c2c(c1)CCCO2.CCCCC(=O)c1cc2c(c(NC3CCCC3)c1)OCCC2.CCCCC(=O)c1ccc2c(c1)CCCO2. The first-order chi connectivity index (χ1) is 26.8. The molecule has 3 aromatic carbocycles. The summed E-state index contributed by atoms with van der Waals surface area (Å²) in [5.41, 5.74) is 7.11. The third-order valence-electron chi connectivity index (χ3n) is 10.8. The maximum absolute atomic E-state index is 12.4. The molecule has 0 radical (unpaired) electrons. The molecule has 0 atom stereocenters. The minimum atomic E-state index is 0.237. The fourth-order valence-electron chi connectivity index (χ4n) is 7.61. The van der Waals surface area contributed by atoms with E-state index in [4.69, 9.17) is 14.2 Å². The maximum Gasteiger partial charge on any atom is 0.162 e. The molecule has 1 fully saturated rings. The summed E-state index contributed by atoms with van der Waals surface area (Å²) in [4.78, 5) is 36.2. The zero-order valence-corrected chi connectivity index (χ0v) is 35.1. The lowest BCUT2D eigenvalue weighted by Gasteiger charge is -2.24. The Morgan fingerprint density at radius 3 is 1.69 bits per heavy atom. The van der Waals surface area contributed by atoms with Crippen LogP contribution < -0.4 is 19.5 Å². The smallest absolute Gasteiger partial charge is 0.162 e. The zero-order valence-electron chi connectivity index (χ0n) is 33.5. The molecule has 7 rings (SSSR count). The zero-order chi connectivity index (χ0) is 39.0. The number of benzene rings is 3. The number of hydrogen-bond acceptors (Lipinski definition) is 7. The van der Waals surface area contributed by atoms with Crippen molar-refractivity contribution in [2.24, 2.45) is 0 Å². The van der Waals surface area contributed by atoms with E-state index in [1.165, 1.54) is 36.8 Å². The third kappa shape index (κ3) is 12.4. The molecule has 3 heterocycles. The summed E-state index contributed by atoms with van der Waals surface area (Å²) < 4.78 is 18.0. The minimum Gasteiger partial charge on any atom is -0.493 e. The summed E-state index contributed by atoms with van der Waals surface area (Å²) in [7, 11) is 0. The number of unbranched alkanes of at least 4 members (excludes halogenated alkanes) is 3. The van der Waals surface area contributed by atoms with Gasteiger partial charge in [0.1, 0.15) is 17.2 Å². The van der Waals surface area contributed by atoms with Gasteiger partial charge in [-0.1, -0.05) is 52.9 Å². The van der Waals surface area contributed by atoms with Crippen LogP contribution in [0.4, 0.5) is 5.69 Å². The summed E-state index contributed by atoms with van der Waals surface area (Å²) in [6.07, 6.45) is 19.3. The summed E-state index contributed by atoms with van der Waals surface area (Å²) in [6, 6.07) is 14.4. The Balaban J connectivity index is 0.000000161. The van der Waals surface area contributed by atoms with Crippen LogP contribution in [0.1, 0.15) is 171 Å². The maximum atomic E-state index is 12.4. The number of fused-ring (bicyclic) bond motifs is 3. The van der Waals surface area contributed by atoms with Crippen LogP contribution in [-0.2, 0) is 19.3 Å². The van der Waals surface area contributed by atoms with Gasteiger partial charge in [0.25, 0.3) is 0 Å². The highest BCUT2D eigenvalue weighted by Crippen LogP contribution is 2.37. The van der Waals surface area contributed by atoms with Crippen LogP contribution in [-0.4, -0.2) is 43.2 Å². The number of nitrogens with one attached hydrogen (secondary N) is 1. The van der Waals surface area contributed by atoms with Gasteiger partial charge in [0.2, 0.25) is 0 Å². The molecule has 0 saturated heterocycles. The Kier molecular flexibility index (Phi) is 17.1. The molecule has 0 aromatic heterocycles. The average Bonchev–Trinajstić information content (AvgIpc) is 3.74. The average molecular weight is 817 g/mol. The number of aryl methyl sites for hydroxylation is 3. The number of carbonyl (C=O) groups excluding carboxylic acids is 3. The Hall–Kier alpha value is -3.65. The fourth-order valence-corrected chi connectivity index (χ4v) is 8.23. The molecule has 4 aliphatic rings. The molecular weight excluding hydrogens is 754 g/mol. The number of carbonyl (C=O) groups is 3.